The Bertz CT molecular complexity index is 447. The fourth-order valence-corrected chi connectivity index (χ4v) is 2.26. The lowest BCUT2D eigenvalue weighted by Gasteiger charge is -2.30. The van der Waals surface area contributed by atoms with Gasteiger partial charge in [-0.25, -0.2) is 0 Å². The van der Waals surface area contributed by atoms with Gasteiger partial charge in [0.1, 0.15) is 6.17 Å². The van der Waals surface area contributed by atoms with E-state index in [4.69, 9.17) is 11.6 Å². The van der Waals surface area contributed by atoms with Crippen LogP contribution < -0.4 is 5.32 Å². The summed E-state index contributed by atoms with van der Waals surface area (Å²) in [6.45, 7) is 3.23. The molecule has 1 heterocycles. The molecule has 0 radical (unpaired) electrons. The highest BCUT2D eigenvalue weighted by atomic mass is 35.5. The van der Waals surface area contributed by atoms with Crippen LogP contribution in [0.25, 0.3) is 0 Å². The first-order chi connectivity index (χ1) is 8.99. The van der Waals surface area contributed by atoms with E-state index in [1.807, 2.05) is 43.3 Å². The van der Waals surface area contributed by atoms with Crippen molar-refractivity contribution in [2.45, 2.75) is 19.1 Å². The maximum atomic E-state index is 12.0. The van der Waals surface area contributed by atoms with Gasteiger partial charge in [0.15, 0.2) is 0 Å². The van der Waals surface area contributed by atoms with E-state index in [2.05, 4.69) is 17.1 Å². The van der Waals surface area contributed by atoms with Crippen molar-refractivity contribution in [3.63, 3.8) is 0 Å². The van der Waals surface area contributed by atoms with Crippen LogP contribution in [0, 0.1) is 0 Å². The van der Waals surface area contributed by atoms with Gasteiger partial charge in [0.2, 0.25) is 5.91 Å². The van der Waals surface area contributed by atoms with Crippen LogP contribution in [-0.4, -0.2) is 48.9 Å². The summed E-state index contributed by atoms with van der Waals surface area (Å²) in [6, 6.07) is 7.96. The zero-order chi connectivity index (χ0) is 14.0. The van der Waals surface area contributed by atoms with Gasteiger partial charge in [-0.1, -0.05) is 23.7 Å². The van der Waals surface area contributed by atoms with Gasteiger partial charge in [-0.3, -0.25) is 10.1 Å². The minimum absolute atomic E-state index is 0.0489. The minimum atomic E-state index is -0.0489. The lowest BCUT2D eigenvalue weighted by atomic mass is 10.1. The third kappa shape index (κ3) is 3.26. The summed E-state index contributed by atoms with van der Waals surface area (Å²) in [5.74, 6) is 0.147. The molecular formula is C14H20ClN3O. The monoisotopic (exact) mass is 281 g/mol. The van der Waals surface area contributed by atoms with E-state index in [0.717, 1.165) is 5.56 Å². The van der Waals surface area contributed by atoms with Crippen LogP contribution in [0.1, 0.15) is 18.7 Å². The molecule has 1 fully saturated rings. The van der Waals surface area contributed by atoms with E-state index >= 15 is 0 Å². The molecule has 5 heteroatoms. The Kier molecular flexibility index (Phi) is 4.45. The number of rotatable bonds is 4. The molecule has 19 heavy (non-hydrogen) atoms. The number of carbonyl (C=O) groups is 1. The van der Waals surface area contributed by atoms with Gasteiger partial charge in [-0.15, -0.1) is 0 Å². The maximum absolute atomic E-state index is 12.0. The van der Waals surface area contributed by atoms with E-state index < -0.39 is 0 Å². The van der Waals surface area contributed by atoms with Crippen LogP contribution in [0.15, 0.2) is 24.3 Å². The number of nitrogens with one attached hydrogen (secondary N) is 1. The molecule has 1 aromatic rings. The van der Waals surface area contributed by atoms with E-state index in [1.165, 1.54) is 0 Å². The summed E-state index contributed by atoms with van der Waals surface area (Å²) >= 11 is 5.90. The lowest BCUT2D eigenvalue weighted by Crippen LogP contribution is -2.41. The molecule has 4 nitrogen and oxygen atoms in total. The third-order valence-corrected chi connectivity index (χ3v) is 3.86. The molecule has 0 saturated carbocycles. The van der Waals surface area contributed by atoms with Crippen LogP contribution in [0.5, 0.6) is 0 Å². The Balaban J connectivity index is 2.15. The zero-order valence-electron chi connectivity index (χ0n) is 11.6. The van der Waals surface area contributed by atoms with Gasteiger partial charge in [0.25, 0.3) is 0 Å². The van der Waals surface area contributed by atoms with Crippen molar-refractivity contribution in [2.24, 2.45) is 0 Å². The predicted octanol–water partition coefficient (Wildman–Crippen LogP) is 1.72. The van der Waals surface area contributed by atoms with E-state index in [1.54, 1.807) is 0 Å². The molecule has 1 aromatic carbocycles. The highest BCUT2D eigenvalue weighted by Gasteiger charge is 2.32. The Labute approximate surface area is 119 Å². The number of amides is 1. The average molecular weight is 282 g/mol. The van der Waals surface area contributed by atoms with Crippen LogP contribution in [0.2, 0.25) is 5.02 Å². The van der Waals surface area contributed by atoms with Gasteiger partial charge in [-0.2, -0.15) is 0 Å². The largest absolute Gasteiger partial charge is 0.320 e. The molecule has 1 amide bonds. The number of nitrogens with zero attached hydrogens (tertiary/aromatic N) is 2. The van der Waals surface area contributed by atoms with Crippen LogP contribution >= 0.6 is 11.6 Å². The second kappa shape index (κ2) is 5.90. The molecule has 0 bridgehead atoms. The van der Waals surface area contributed by atoms with Gasteiger partial charge >= 0.3 is 0 Å². The van der Waals surface area contributed by atoms with E-state index in [9.17, 15) is 4.79 Å². The first-order valence-electron chi connectivity index (χ1n) is 6.44. The van der Waals surface area contributed by atoms with Crippen molar-refractivity contribution in [3.8, 4) is 0 Å². The molecule has 2 atom stereocenters. The molecule has 0 aromatic heterocycles. The summed E-state index contributed by atoms with van der Waals surface area (Å²) < 4.78 is 0. The highest BCUT2D eigenvalue weighted by Crippen LogP contribution is 2.24. The molecule has 2 unspecified atom stereocenters. The summed E-state index contributed by atoms with van der Waals surface area (Å²) in [7, 11) is 4.05. The fraction of sp³-hybridized carbons (Fsp3) is 0.500. The molecule has 1 aliphatic rings. The van der Waals surface area contributed by atoms with Gasteiger partial charge in [-0.05, 0) is 38.7 Å². The summed E-state index contributed by atoms with van der Waals surface area (Å²) in [5.41, 5.74) is 1.07. The summed E-state index contributed by atoms with van der Waals surface area (Å²) in [5, 5.41) is 3.96. The van der Waals surface area contributed by atoms with Gasteiger partial charge in [0, 0.05) is 17.6 Å². The predicted molar refractivity (Wildman–Crippen MR) is 77.1 cm³/mol. The Hall–Kier alpha value is -1.10. The molecule has 1 aliphatic heterocycles. The minimum Gasteiger partial charge on any atom is -0.320 e. The third-order valence-electron chi connectivity index (χ3n) is 3.61. The van der Waals surface area contributed by atoms with Crippen molar-refractivity contribution >= 4 is 17.5 Å². The Morgan fingerprint density at radius 1 is 1.42 bits per heavy atom. The first kappa shape index (κ1) is 14.3. The van der Waals surface area contributed by atoms with Crippen LogP contribution in [0.3, 0.4) is 0 Å². The molecule has 0 aliphatic carbocycles. The highest BCUT2D eigenvalue weighted by molar-refractivity contribution is 6.30. The molecular weight excluding hydrogens is 262 g/mol. The number of hydrogen-bond donors (Lipinski definition) is 1. The van der Waals surface area contributed by atoms with Gasteiger partial charge in [0.05, 0.1) is 6.54 Å². The zero-order valence-corrected chi connectivity index (χ0v) is 12.3. The van der Waals surface area contributed by atoms with Gasteiger partial charge < -0.3 is 9.80 Å². The topological polar surface area (TPSA) is 35.6 Å². The van der Waals surface area contributed by atoms with Crippen molar-refractivity contribution in [1.82, 2.24) is 15.1 Å². The lowest BCUT2D eigenvalue weighted by molar-refractivity contribution is -0.128. The standard InChI is InChI=1S/C14H20ClN3O/c1-10(17(2)3)9-18-13(19)8-16-14(18)11-4-6-12(15)7-5-11/h4-7,10,14,16H,8-9H2,1-3H3. The normalized spacial score (nSPS) is 21.2. The molecule has 1 saturated heterocycles. The van der Waals surface area contributed by atoms with E-state index in [-0.39, 0.29) is 12.1 Å². The van der Waals surface area contributed by atoms with Crippen LogP contribution in [0.4, 0.5) is 0 Å². The second-order valence-corrected chi connectivity index (χ2v) is 5.63. The Morgan fingerprint density at radius 3 is 2.63 bits per heavy atom. The second-order valence-electron chi connectivity index (χ2n) is 5.19. The number of carbonyl (C=O) groups excluding carboxylic acids is 1. The average Bonchev–Trinajstić information content (AvgIpc) is 2.72. The molecule has 104 valence electrons. The quantitative estimate of drug-likeness (QED) is 0.913. The number of likely N-dealkylation sites (N-methyl/N-ethyl adjacent to an activating group) is 1. The Morgan fingerprint density at radius 2 is 2.05 bits per heavy atom. The van der Waals surface area contributed by atoms with Crippen molar-refractivity contribution < 1.29 is 4.79 Å². The SMILES string of the molecule is CC(CN1C(=O)CNC1c1ccc(Cl)cc1)N(C)C. The molecule has 2 rings (SSSR count). The summed E-state index contributed by atoms with van der Waals surface area (Å²) in [4.78, 5) is 16.0. The number of halogens is 1. The number of hydrogen-bond acceptors (Lipinski definition) is 3. The fourth-order valence-electron chi connectivity index (χ4n) is 2.14. The van der Waals surface area contributed by atoms with Crippen molar-refractivity contribution in [3.05, 3.63) is 34.9 Å². The molecule has 0 spiro atoms. The number of benzene rings is 1. The van der Waals surface area contributed by atoms with Crippen LogP contribution in [-0.2, 0) is 4.79 Å². The van der Waals surface area contributed by atoms with E-state index in [0.29, 0.717) is 24.2 Å². The maximum Gasteiger partial charge on any atom is 0.238 e. The first-order valence-corrected chi connectivity index (χ1v) is 6.81. The van der Waals surface area contributed by atoms with Crippen molar-refractivity contribution in [1.29, 1.82) is 0 Å². The molecule has 1 N–H and O–H groups in total. The summed E-state index contributed by atoms with van der Waals surface area (Å²) in [6.07, 6.45) is -0.0489. The smallest absolute Gasteiger partial charge is 0.238 e. The van der Waals surface area contributed by atoms with Crippen molar-refractivity contribution in [2.75, 3.05) is 27.2 Å².